The number of hydrogen-bond donors (Lipinski definition) is 2. The van der Waals surface area contributed by atoms with Gasteiger partial charge in [0, 0.05) is 22.6 Å². The van der Waals surface area contributed by atoms with Gasteiger partial charge in [-0.05, 0) is 54.8 Å². The highest BCUT2D eigenvalue weighted by Crippen LogP contribution is 2.54. The number of carbonyl (C=O) groups excluding carboxylic acids is 1. The van der Waals surface area contributed by atoms with Gasteiger partial charge in [0.1, 0.15) is 10.7 Å². The molecule has 1 fully saturated rings. The first-order valence-corrected chi connectivity index (χ1v) is 11.7. The number of anilines is 2. The van der Waals surface area contributed by atoms with Crippen molar-refractivity contribution < 1.29 is 4.79 Å². The fourth-order valence-electron chi connectivity index (χ4n) is 4.25. The number of hydrogen-bond acceptors (Lipinski definition) is 5. The first-order chi connectivity index (χ1) is 16.1. The lowest BCUT2D eigenvalue weighted by molar-refractivity contribution is 0.102. The standard InChI is InChI=1S/C26H21N5OS/c27-19-8-1-2-9-20(19)29-24(32)17-6-5-7-18(14-17)26(11-12-26)25-30-21(16-33-25)22-15-28-23-10-3-4-13-31(22)23/h1-10,13-16H,11-12,27H2,(H,29,32). The van der Waals surface area contributed by atoms with Crippen LogP contribution in [0.1, 0.15) is 33.8 Å². The number of para-hydroxylation sites is 2. The normalized spacial score (nSPS) is 14.3. The van der Waals surface area contributed by atoms with E-state index in [1.807, 2.05) is 60.9 Å². The number of nitrogens with zero attached hydrogens (tertiary/aromatic N) is 3. The summed E-state index contributed by atoms with van der Waals surface area (Å²) in [4.78, 5) is 22.4. The van der Waals surface area contributed by atoms with Gasteiger partial charge in [-0.15, -0.1) is 11.3 Å². The predicted molar refractivity (Wildman–Crippen MR) is 132 cm³/mol. The van der Waals surface area contributed by atoms with E-state index in [2.05, 4.69) is 26.1 Å². The zero-order valence-corrected chi connectivity index (χ0v) is 18.5. The molecule has 0 atom stereocenters. The molecule has 1 aliphatic rings. The summed E-state index contributed by atoms with van der Waals surface area (Å²) in [6.07, 6.45) is 5.91. The number of nitrogens with two attached hydrogens (primary N) is 1. The summed E-state index contributed by atoms with van der Waals surface area (Å²) in [6, 6.07) is 21.1. The maximum atomic E-state index is 12.9. The minimum Gasteiger partial charge on any atom is -0.397 e. The molecule has 162 valence electrons. The fourth-order valence-corrected chi connectivity index (χ4v) is 5.34. The lowest BCUT2D eigenvalue weighted by atomic mass is 9.94. The Morgan fingerprint density at radius 3 is 2.76 bits per heavy atom. The molecule has 6 nitrogen and oxygen atoms in total. The number of carbonyl (C=O) groups is 1. The van der Waals surface area contributed by atoms with Crippen LogP contribution in [0.4, 0.5) is 11.4 Å². The summed E-state index contributed by atoms with van der Waals surface area (Å²) in [6.45, 7) is 0. The zero-order valence-electron chi connectivity index (χ0n) is 17.7. The van der Waals surface area contributed by atoms with Crippen LogP contribution in [0.2, 0.25) is 0 Å². The van der Waals surface area contributed by atoms with Crippen molar-refractivity contribution in [1.29, 1.82) is 0 Å². The van der Waals surface area contributed by atoms with Crippen molar-refractivity contribution in [1.82, 2.24) is 14.4 Å². The van der Waals surface area contributed by atoms with Gasteiger partial charge < -0.3 is 11.1 Å². The first kappa shape index (κ1) is 19.7. The molecule has 0 bridgehead atoms. The third-order valence-electron chi connectivity index (χ3n) is 6.23. The van der Waals surface area contributed by atoms with E-state index in [1.54, 1.807) is 23.5 Å². The summed E-state index contributed by atoms with van der Waals surface area (Å²) in [5.74, 6) is -0.170. The van der Waals surface area contributed by atoms with E-state index < -0.39 is 0 Å². The van der Waals surface area contributed by atoms with Crippen LogP contribution in [0.15, 0.2) is 84.5 Å². The van der Waals surface area contributed by atoms with Crippen molar-refractivity contribution in [3.63, 3.8) is 0 Å². The van der Waals surface area contributed by atoms with Crippen LogP contribution in [0.3, 0.4) is 0 Å². The number of benzene rings is 2. The molecule has 1 amide bonds. The lowest BCUT2D eigenvalue weighted by Gasteiger charge is -2.14. The third-order valence-corrected chi connectivity index (χ3v) is 7.28. The van der Waals surface area contributed by atoms with Gasteiger partial charge in [-0.1, -0.05) is 30.3 Å². The molecule has 3 aromatic heterocycles. The predicted octanol–water partition coefficient (Wildman–Crippen LogP) is 5.37. The van der Waals surface area contributed by atoms with Gasteiger partial charge in [-0.3, -0.25) is 9.20 Å². The molecule has 0 saturated heterocycles. The number of pyridine rings is 1. The van der Waals surface area contributed by atoms with Crippen molar-refractivity contribution in [2.75, 3.05) is 11.1 Å². The molecular formula is C26H21N5OS. The molecule has 0 aliphatic heterocycles. The molecule has 1 saturated carbocycles. The average molecular weight is 452 g/mol. The quantitative estimate of drug-likeness (QED) is 0.352. The second-order valence-corrected chi connectivity index (χ2v) is 9.17. The Morgan fingerprint density at radius 1 is 1.06 bits per heavy atom. The third kappa shape index (κ3) is 3.37. The summed E-state index contributed by atoms with van der Waals surface area (Å²) in [5, 5.41) is 6.09. The van der Waals surface area contributed by atoms with Crippen LogP contribution in [-0.4, -0.2) is 20.3 Å². The number of nitrogens with one attached hydrogen (secondary N) is 1. The Balaban J connectivity index is 1.30. The number of nitrogen functional groups attached to an aromatic ring is 1. The lowest BCUT2D eigenvalue weighted by Crippen LogP contribution is -2.15. The van der Waals surface area contributed by atoms with Crippen LogP contribution >= 0.6 is 11.3 Å². The summed E-state index contributed by atoms with van der Waals surface area (Å²) < 4.78 is 2.05. The topological polar surface area (TPSA) is 85.3 Å². The summed E-state index contributed by atoms with van der Waals surface area (Å²) in [7, 11) is 0. The van der Waals surface area contributed by atoms with E-state index >= 15 is 0 Å². The highest BCUT2D eigenvalue weighted by Gasteiger charge is 2.48. The fraction of sp³-hybridized carbons (Fsp3) is 0.115. The van der Waals surface area contributed by atoms with Crippen LogP contribution in [0.25, 0.3) is 17.0 Å². The van der Waals surface area contributed by atoms with Gasteiger partial charge in [0.2, 0.25) is 0 Å². The maximum absolute atomic E-state index is 12.9. The van der Waals surface area contributed by atoms with Gasteiger partial charge in [0.25, 0.3) is 5.91 Å². The molecule has 1 aliphatic carbocycles. The molecule has 0 radical (unpaired) electrons. The summed E-state index contributed by atoms with van der Waals surface area (Å²) >= 11 is 1.67. The highest BCUT2D eigenvalue weighted by atomic mass is 32.1. The van der Waals surface area contributed by atoms with Crippen molar-refractivity contribution in [2.24, 2.45) is 0 Å². The zero-order chi connectivity index (χ0) is 22.4. The molecule has 6 rings (SSSR count). The molecule has 33 heavy (non-hydrogen) atoms. The molecule has 0 spiro atoms. The van der Waals surface area contributed by atoms with E-state index in [-0.39, 0.29) is 11.3 Å². The monoisotopic (exact) mass is 451 g/mol. The SMILES string of the molecule is Nc1ccccc1NC(=O)c1cccc(C2(c3nc(-c4cnc5ccccn45)cs3)CC2)c1. The van der Waals surface area contributed by atoms with Gasteiger partial charge >= 0.3 is 0 Å². The maximum Gasteiger partial charge on any atom is 0.255 e. The van der Waals surface area contributed by atoms with Crippen molar-refractivity contribution >= 4 is 34.3 Å². The van der Waals surface area contributed by atoms with E-state index in [9.17, 15) is 4.79 Å². The second kappa shape index (κ2) is 7.56. The first-order valence-electron chi connectivity index (χ1n) is 10.8. The molecule has 3 N–H and O–H groups in total. The Kier molecular flexibility index (Phi) is 4.52. The van der Waals surface area contributed by atoms with E-state index in [0.29, 0.717) is 16.9 Å². The Hall–Kier alpha value is -3.97. The number of aromatic nitrogens is 3. The molecule has 2 aromatic carbocycles. The number of fused-ring (bicyclic) bond motifs is 1. The van der Waals surface area contributed by atoms with Crippen molar-refractivity contribution in [3.8, 4) is 11.4 Å². The largest absolute Gasteiger partial charge is 0.397 e. The Labute approximate surface area is 194 Å². The van der Waals surface area contributed by atoms with Crippen LogP contribution in [-0.2, 0) is 5.41 Å². The van der Waals surface area contributed by atoms with Gasteiger partial charge in [0.15, 0.2) is 0 Å². The molecule has 0 unspecified atom stereocenters. The number of imidazole rings is 1. The Morgan fingerprint density at radius 2 is 1.91 bits per heavy atom. The van der Waals surface area contributed by atoms with Crippen molar-refractivity contribution in [2.45, 2.75) is 18.3 Å². The van der Waals surface area contributed by atoms with E-state index in [0.717, 1.165) is 40.4 Å². The van der Waals surface area contributed by atoms with Crippen molar-refractivity contribution in [3.05, 3.63) is 101 Å². The van der Waals surface area contributed by atoms with E-state index in [1.165, 1.54) is 0 Å². The molecule has 5 aromatic rings. The summed E-state index contributed by atoms with van der Waals surface area (Å²) in [5.41, 5.74) is 11.6. The molecule has 7 heteroatoms. The Bertz CT molecular complexity index is 1500. The van der Waals surface area contributed by atoms with Crippen LogP contribution in [0, 0.1) is 0 Å². The van der Waals surface area contributed by atoms with Gasteiger partial charge in [0.05, 0.1) is 29.0 Å². The number of amides is 1. The highest BCUT2D eigenvalue weighted by molar-refractivity contribution is 7.10. The average Bonchev–Trinajstić information content (AvgIpc) is 3.31. The minimum absolute atomic E-state index is 0.133. The van der Waals surface area contributed by atoms with Gasteiger partial charge in [-0.25, -0.2) is 9.97 Å². The second-order valence-electron chi connectivity index (χ2n) is 8.31. The molecular weight excluding hydrogens is 430 g/mol. The smallest absolute Gasteiger partial charge is 0.255 e. The minimum atomic E-state index is -0.170. The van der Waals surface area contributed by atoms with Crippen LogP contribution in [0.5, 0.6) is 0 Å². The number of thiazole rings is 1. The number of rotatable bonds is 5. The van der Waals surface area contributed by atoms with E-state index in [4.69, 9.17) is 10.7 Å². The van der Waals surface area contributed by atoms with Gasteiger partial charge in [-0.2, -0.15) is 0 Å². The molecule has 3 heterocycles. The van der Waals surface area contributed by atoms with Crippen LogP contribution < -0.4 is 11.1 Å².